The fourth-order valence-corrected chi connectivity index (χ4v) is 3.04. The van der Waals surface area contributed by atoms with Gasteiger partial charge in [0.15, 0.2) is 0 Å². The molecule has 6 heteroatoms. The maximum Gasteiger partial charge on any atom is 0.327 e. The van der Waals surface area contributed by atoms with Crippen molar-refractivity contribution in [2.24, 2.45) is 0 Å². The van der Waals surface area contributed by atoms with Crippen LogP contribution in [-0.2, 0) is 9.59 Å². The molecule has 17 heavy (non-hydrogen) atoms. The average Bonchev–Trinajstić information content (AvgIpc) is 2.28. The SMILES string of the molecule is O=C(O)C1CSCC(=O)N1c1cccc(Br)c1. The van der Waals surface area contributed by atoms with E-state index >= 15 is 0 Å². The van der Waals surface area contributed by atoms with Gasteiger partial charge in [-0.2, -0.15) is 0 Å². The van der Waals surface area contributed by atoms with E-state index in [1.807, 2.05) is 6.07 Å². The van der Waals surface area contributed by atoms with Gasteiger partial charge < -0.3 is 5.11 Å². The average molecular weight is 316 g/mol. The van der Waals surface area contributed by atoms with Gasteiger partial charge in [-0.15, -0.1) is 11.8 Å². The van der Waals surface area contributed by atoms with Gasteiger partial charge in [-0.3, -0.25) is 9.69 Å². The molecule has 0 bridgehead atoms. The molecule has 90 valence electrons. The first-order chi connectivity index (χ1) is 8.09. The maximum atomic E-state index is 11.8. The number of anilines is 1. The second kappa shape index (κ2) is 5.10. The Morgan fingerprint density at radius 3 is 2.94 bits per heavy atom. The van der Waals surface area contributed by atoms with Crippen molar-refractivity contribution in [1.82, 2.24) is 0 Å². The highest BCUT2D eigenvalue weighted by molar-refractivity contribution is 9.10. The number of carboxylic acid groups (broad SMARTS) is 1. The highest BCUT2D eigenvalue weighted by Crippen LogP contribution is 2.27. The molecule has 0 radical (unpaired) electrons. The van der Waals surface area contributed by atoms with E-state index in [0.717, 1.165) is 4.47 Å². The van der Waals surface area contributed by atoms with Crippen molar-refractivity contribution in [3.05, 3.63) is 28.7 Å². The van der Waals surface area contributed by atoms with Gasteiger partial charge in [0.25, 0.3) is 0 Å². The number of rotatable bonds is 2. The topological polar surface area (TPSA) is 57.6 Å². The molecule has 1 atom stereocenters. The summed E-state index contributed by atoms with van der Waals surface area (Å²) in [6.45, 7) is 0. The summed E-state index contributed by atoms with van der Waals surface area (Å²) in [6.07, 6.45) is 0. The number of amides is 1. The minimum atomic E-state index is -0.967. The molecule has 0 saturated carbocycles. The molecule has 1 aromatic carbocycles. The summed E-state index contributed by atoms with van der Waals surface area (Å²) >= 11 is 4.67. The van der Waals surface area contributed by atoms with Gasteiger partial charge in [-0.05, 0) is 18.2 Å². The summed E-state index contributed by atoms with van der Waals surface area (Å²) in [4.78, 5) is 24.4. The van der Waals surface area contributed by atoms with Crippen molar-refractivity contribution in [3.8, 4) is 0 Å². The van der Waals surface area contributed by atoms with Gasteiger partial charge in [-0.1, -0.05) is 22.0 Å². The fourth-order valence-electron chi connectivity index (χ4n) is 1.71. The third-order valence-corrected chi connectivity index (χ3v) is 3.95. The minimum absolute atomic E-state index is 0.160. The monoisotopic (exact) mass is 315 g/mol. The predicted molar refractivity (Wildman–Crippen MR) is 70.4 cm³/mol. The lowest BCUT2D eigenvalue weighted by atomic mass is 10.2. The summed E-state index contributed by atoms with van der Waals surface area (Å²) in [5.74, 6) is -0.374. The molecular formula is C11H10BrNO3S. The summed E-state index contributed by atoms with van der Waals surface area (Å²) in [6, 6.07) is 6.34. The van der Waals surface area contributed by atoms with Gasteiger partial charge >= 0.3 is 5.97 Å². The lowest BCUT2D eigenvalue weighted by Crippen LogP contribution is -2.50. The Kier molecular flexibility index (Phi) is 3.73. The van der Waals surface area contributed by atoms with E-state index in [2.05, 4.69) is 15.9 Å². The van der Waals surface area contributed by atoms with Crippen LogP contribution in [0.4, 0.5) is 5.69 Å². The summed E-state index contributed by atoms with van der Waals surface area (Å²) in [5, 5.41) is 9.14. The lowest BCUT2D eigenvalue weighted by molar-refractivity contribution is -0.139. The Morgan fingerprint density at radius 1 is 1.53 bits per heavy atom. The number of benzene rings is 1. The van der Waals surface area contributed by atoms with Gasteiger partial charge in [-0.25, -0.2) is 4.79 Å². The zero-order chi connectivity index (χ0) is 12.4. The normalized spacial score (nSPS) is 20.4. The van der Waals surface area contributed by atoms with Crippen molar-refractivity contribution in [2.45, 2.75) is 6.04 Å². The van der Waals surface area contributed by atoms with Crippen LogP contribution >= 0.6 is 27.7 Å². The van der Waals surface area contributed by atoms with Crippen molar-refractivity contribution in [3.63, 3.8) is 0 Å². The number of carboxylic acids is 1. The predicted octanol–water partition coefficient (Wildman–Crippen LogP) is 1.98. The van der Waals surface area contributed by atoms with E-state index < -0.39 is 12.0 Å². The number of hydrogen-bond donors (Lipinski definition) is 1. The number of carbonyl (C=O) groups excluding carboxylic acids is 1. The third-order valence-electron chi connectivity index (χ3n) is 2.45. The zero-order valence-corrected chi connectivity index (χ0v) is 11.2. The largest absolute Gasteiger partial charge is 0.480 e. The molecule has 1 heterocycles. The number of thioether (sulfide) groups is 1. The molecule has 0 aliphatic carbocycles. The fraction of sp³-hybridized carbons (Fsp3) is 0.273. The maximum absolute atomic E-state index is 11.8. The number of hydrogen-bond acceptors (Lipinski definition) is 3. The smallest absolute Gasteiger partial charge is 0.327 e. The second-order valence-corrected chi connectivity index (χ2v) is 5.56. The van der Waals surface area contributed by atoms with Crippen molar-refractivity contribution in [2.75, 3.05) is 16.4 Å². The van der Waals surface area contributed by atoms with Crippen LogP contribution in [0.15, 0.2) is 28.7 Å². The molecule has 1 fully saturated rings. The molecule has 1 N–H and O–H groups in total. The number of carbonyl (C=O) groups is 2. The standard InChI is InChI=1S/C11H10BrNO3S/c12-7-2-1-3-8(4-7)13-9(11(15)16)5-17-6-10(13)14/h1-4,9H,5-6H2,(H,15,16). The van der Waals surface area contributed by atoms with Crippen LogP contribution < -0.4 is 4.90 Å². The van der Waals surface area contributed by atoms with E-state index in [0.29, 0.717) is 17.2 Å². The van der Waals surface area contributed by atoms with Gasteiger partial charge in [0.1, 0.15) is 6.04 Å². The van der Waals surface area contributed by atoms with Crippen LogP contribution in [0.3, 0.4) is 0 Å². The van der Waals surface area contributed by atoms with Crippen LogP contribution in [0.1, 0.15) is 0 Å². The van der Waals surface area contributed by atoms with Crippen LogP contribution in [0.25, 0.3) is 0 Å². The molecule has 1 aliphatic rings. The van der Waals surface area contributed by atoms with Crippen molar-refractivity contribution in [1.29, 1.82) is 0 Å². The van der Waals surface area contributed by atoms with Crippen molar-refractivity contribution >= 4 is 45.3 Å². The molecule has 4 nitrogen and oxygen atoms in total. The zero-order valence-electron chi connectivity index (χ0n) is 8.80. The molecule has 1 unspecified atom stereocenters. The molecule has 2 rings (SSSR count). The molecule has 1 aromatic rings. The van der Waals surface area contributed by atoms with Crippen LogP contribution in [0.5, 0.6) is 0 Å². The Morgan fingerprint density at radius 2 is 2.29 bits per heavy atom. The molecule has 0 spiro atoms. The van der Waals surface area contributed by atoms with Gasteiger partial charge in [0.05, 0.1) is 5.75 Å². The van der Waals surface area contributed by atoms with E-state index in [1.165, 1.54) is 16.7 Å². The van der Waals surface area contributed by atoms with E-state index in [4.69, 9.17) is 5.11 Å². The van der Waals surface area contributed by atoms with Gasteiger partial charge in [0, 0.05) is 15.9 Å². The number of halogens is 1. The van der Waals surface area contributed by atoms with Gasteiger partial charge in [0.2, 0.25) is 5.91 Å². The van der Waals surface area contributed by atoms with Crippen LogP contribution in [0.2, 0.25) is 0 Å². The van der Waals surface area contributed by atoms with Crippen molar-refractivity contribution < 1.29 is 14.7 Å². The molecule has 1 saturated heterocycles. The lowest BCUT2D eigenvalue weighted by Gasteiger charge is -2.32. The number of nitrogens with zero attached hydrogens (tertiary/aromatic N) is 1. The highest BCUT2D eigenvalue weighted by atomic mass is 79.9. The first kappa shape index (κ1) is 12.4. The van der Waals surface area contributed by atoms with E-state index in [9.17, 15) is 9.59 Å². The Bertz CT molecular complexity index is 466. The molecule has 1 amide bonds. The molecule has 1 aliphatic heterocycles. The summed E-state index contributed by atoms with van der Waals surface area (Å²) in [5.41, 5.74) is 0.622. The second-order valence-electron chi connectivity index (χ2n) is 3.61. The van der Waals surface area contributed by atoms with E-state index in [1.54, 1.807) is 18.2 Å². The molecular weight excluding hydrogens is 306 g/mol. The minimum Gasteiger partial charge on any atom is -0.480 e. The Labute approximate surface area is 111 Å². The molecule has 0 aromatic heterocycles. The quantitative estimate of drug-likeness (QED) is 0.906. The summed E-state index contributed by atoms with van der Waals surface area (Å²) < 4.78 is 0.824. The summed E-state index contributed by atoms with van der Waals surface area (Å²) in [7, 11) is 0. The third kappa shape index (κ3) is 2.63. The van der Waals surface area contributed by atoms with Crippen LogP contribution in [-0.4, -0.2) is 34.5 Å². The Hall–Kier alpha value is -1.01. The first-order valence-electron chi connectivity index (χ1n) is 4.98. The van der Waals surface area contributed by atoms with E-state index in [-0.39, 0.29) is 5.91 Å². The Balaban J connectivity index is 2.38. The van der Waals surface area contributed by atoms with Crippen LogP contribution in [0, 0.1) is 0 Å². The highest BCUT2D eigenvalue weighted by Gasteiger charge is 2.34. The first-order valence-corrected chi connectivity index (χ1v) is 6.92. The number of aliphatic carboxylic acids is 1.